The van der Waals surface area contributed by atoms with E-state index in [1.807, 2.05) is 36.2 Å². The first-order valence-corrected chi connectivity index (χ1v) is 10.4. The Morgan fingerprint density at radius 1 is 1.21 bits per heavy atom. The summed E-state index contributed by atoms with van der Waals surface area (Å²) in [5.74, 6) is 0.665. The molecule has 1 aromatic carbocycles. The van der Waals surface area contributed by atoms with Crippen LogP contribution in [0, 0.1) is 0 Å². The van der Waals surface area contributed by atoms with Gasteiger partial charge < -0.3 is 20.9 Å². The van der Waals surface area contributed by atoms with Crippen molar-refractivity contribution >= 4 is 29.1 Å². The summed E-state index contributed by atoms with van der Waals surface area (Å²) in [6.07, 6.45) is 6.99. The second-order valence-electron chi connectivity index (χ2n) is 7.61. The van der Waals surface area contributed by atoms with Gasteiger partial charge in [-0.3, -0.25) is 9.59 Å². The van der Waals surface area contributed by atoms with Crippen molar-refractivity contribution in [2.24, 2.45) is 5.73 Å². The van der Waals surface area contributed by atoms with Crippen molar-refractivity contribution < 1.29 is 9.59 Å². The number of anilines is 3. The van der Waals surface area contributed by atoms with E-state index < -0.39 is 5.91 Å². The number of nitrogens with zero attached hydrogens (tertiary/aromatic N) is 6. The zero-order valence-electron chi connectivity index (χ0n) is 18.2. The number of primary amides is 1. The summed E-state index contributed by atoms with van der Waals surface area (Å²) in [4.78, 5) is 44.9. The first-order chi connectivity index (χ1) is 16.0. The molecule has 2 aromatic heterocycles. The van der Waals surface area contributed by atoms with Crippen LogP contribution in [-0.2, 0) is 4.79 Å². The third-order valence-electron chi connectivity index (χ3n) is 5.52. The Bertz CT molecular complexity index is 1170. The van der Waals surface area contributed by atoms with E-state index in [-0.39, 0.29) is 23.5 Å². The van der Waals surface area contributed by atoms with Crippen LogP contribution in [-0.4, -0.2) is 62.8 Å². The van der Waals surface area contributed by atoms with Crippen molar-refractivity contribution in [1.29, 1.82) is 0 Å². The Kier molecular flexibility index (Phi) is 6.25. The molecule has 0 aliphatic carbocycles. The van der Waals surface area contributed by atoms with Crippen molar-refractivity contribution in [2.45, 2.75) is 12.5 Å². The topological polar surface area (TPSA) is 130 Å². The fourth-order valence-corrected chi connectivity index (χ4v) is 3.68. The molecule has 168 valence electrons. The highest BCUT2D eigenvalue weighted by molar-refractivity contribution is 5.96. The normalized spacial score (nSPS) is 15.2. The van der Waals surface area contributed by atoms with Crippen molar-refractivity contribution in [3.63, 3.8) is 0 Å². The van der Waals surface area contributed by atoms with Gasteiger partial charge in [-0.2, -0.15) is 0 Å². The molecule has 10 heteroatoms. The van der Waals surface area contributed by atoms with E-state index in [1.54, 1.807) is 23.4 Å². The van der Waals surface area contributed by atoms with Gasteiger partial charge in [0, 0.05) is 49.8 Å². The maximum atomic E-state index is 11.9. The van der Waals surface area contributed by atoms with Gasteiger partial charge in [-0.15, -0.1) is 0 Å². The summed E-state index contributed by atoms with van der Waals surface area (Å²) in [5, 5.41) is 3.13. The van der Waals surface area contributed by atoms with Gasteiger partial charge in [-0.25, -0.2) is 19.9 Å². The number of amides is 2. The monoisotopic (exact) mass is 444 g/mol. The zero-order valence-corrected chi connectivity index (χ0v) is 18.2. The lowest BCUT2D eigenvalue weighted by atomic mass is 10.2. The largest absolute Gasteiger partial charge is 0.364 e. The summed E-state index contributed by atoms with van der Waals surface area (Å²) in [5.41, 5.74) is 7.12. The second-order valence-corrected chi connectivity index (χ2v) is 7.61. The summed E-state index contributed by atoms with van der Waals surface area (Å²) < 4.78 is 0. The maximum absolute atomic E-state index is 11.9. The fraction of sp³-hybridized carbons (Fsp3) is 0.217. The standard InChI is InChI=1S/C23H24N8O2/c1-3-19(32)31-12-9-17(14-31)30(2)18-13-27-20(21(24)33)23(29-18)28-16-7-5-15(6-8-16)22-25-10-4-11-26-22/h3-8,10-11,13,17H,1,9,12,14H2,2H3,(H2,24,33)(H,28,29). The van der Waals surface area contributed by atoms with Gasteiger partial charge in [0.1, 0.15) is 5.82 Å². The van der Waals surface area contributed by atoms with E-state index in [1.165, 1.54) is 12.3 Å². The molecular weight excluding hydrogens is 420 g/mol. The van der Waals surface area contributed by atoms with Crippen LogP contribution in [0.3, 0.4) is 0 Å². The molecule has 1 fully saturated rings. The number of rotatable bonds is 7. The van der Waals surface area contributed by atoms with Gasteiger partial charge in [0.15, 0.2) is 17.3 Å². The minimum Gasteiger partial charge on any atom is -0.364 e. The van der Waals surface area contributed by atoms with Crippen molar-refractivity contribution in [1.82, 2.24) is 24.8 Å². The number of carbonyl (C=O) groups is 2. The van der Waals surface area contributed by atoms with Crippen LogP contribution < -0.4 is 16.0 Å². The number of nitrogens with one attached hydrogen (secondary N) is 1. The lowest BCUT2D eigenvalue weighted by molar-refractivity contribution is -0.125. The molecule has 1 aliphatic heterocycles. The van der Waals surface area contributed by atoms with Crippen LogP contribution in [0.4, 0.5) is 17.3 Å². The second kappa shape index (κ2) is 9.43. The molecule has 0 spiro atoms. The molecule has 33 heavy (non-hydrogen) atoms. The number of carbonyl (C=O) groups excluding carboxylic acids is 2. The number of nitrogens with two attached hydrogens (primary N) is 1. The van der Waals surface area contributed by atoms with Crippen LogP contribution >= 0.6 is 0 Å². The van der Waals surface area contributed by atoms with E-state index >= 15 is 0 Å². The van der Waals surface area contributed by atoms with E-state index in [4.69, 9.17) is 5.73 Å². The minimum absolute atomic E-state index is 0.0394. The van der Waals surface area contributed by atoms with Gasteiger partial charge in [0.2, 0.25) is 5.91 Å². The number of likely N-dealkylation sites (tertiary alicyclic amines) is 1. The lowest BCUT2D eigenvalue weighted by Gasteiger charge is -2.26. The molecule has 1 unspecified atom stereocenters. The average molecular weight is 444 g/mol. The Morgan fingerprint density at radius 2 is 1.94 bits per heavy atom. The smallest absolute Gasteiger partial charge is 0.271 e. The third-order valence-corrected chi connectivity index (χ3v) is 5.52. The average Bonchev–Trinajstić information content (AvgIpc) is 3.34. The minimum atomic E-state index is -0.683. The van der Waals surface area contributed by atoms with Gasteiger partial charge in [-0.1, -0.05) is 6.58 Å². The van der Waals surface area contributed by atoms with E-state index in [0.717, 1.165) is 12.0 Å². The van der Waals surface area contributed by atoms with Gasteiger partial charge in [0.25, 0.3) is 5.91 Å². The maximum Gasteiger partial charge on any atom is 0.271 e. The van der Waals surface area contributed by atoms with Crippen molar-refractivity contribution in [3.05, 3.63) is 67.3 Å². The van der Waals surface area contributed by atoms with E-state index in [0.29, 0.717) is 30.4 Å². The molecule has 3 heterocycles. The molecule has 2 amide bonds. The highest BCUT2D eigenvalue weighted by atomic mass is 16.2. The molecule has 3 N–H and O–H groups in total. The number of likely N-dealkylation sites (N-methyl/N-ethyl adjacent to an activating group) is 1. The van der Waals surface area contributed by atoms with Crippen molar-refractivity contribution in [3.8, 4) is 11.4 Å². The highest BCUT2D eigenvalue weighted by Gasteiger charge is 2.29. The summed E-state index contributed by atoms with van der Waals surface area (Å²) in [7, 11) is 1.89. The number of hydrogen-bond acceptors (Lipinski definition) is 8. The van der Waals surface area contributed by atoms with Crippen LogP contribution in [0.2, 0.25) is 0 Å². The highest BCUT2D eigenvalue weighted by Crippen LogP contribution is 2.25. The predicted octanol–water partition coefficient (Wildman–Crippen LogP) is 2.00. The fourth-order valence-electron chi connectivity index (χ4n) is 3.68. The Balaban J connectivity index is 1.55. The number of aromatic nitrogens is 4. The molecule has 0 saturated carbocycles. The predicted molar refractivity (Wildman–Crippen MR) is 125 cm³/mol. The van der Waals surface area contributed by atoms with E-state index in [2.05, 4.69) is 31.8 Å². The first-order valence-electron chi connectivity index (χ1n) is 10.4. The Hall–Kier alpha value is -4.34. The SMILES string of the molecule is C=CC(=O)N1CCC(N(C)c2cnc(C(N)=O)c(Nc3ccc(-c4ncccn4)cc3)n2)C1. The zero-order chi connectivity index (χ0) is 23.4. The van der Waals surface area contributed by atoms with Crippen molar-refractivity contribution in [2.75, 3.05) is 30.4 Å². The molecule has 1 aliphatic rings. The van der Waals surface area contributed by atoms with Gasteiger partial charge >= 0.3 is 0 Å². The van der Waals surface area contributed by atoms with Gasteiger partial charge in [-0.05, 0) is 42.8 Å². The number of benzene rings is 1. The Labute approximate surface area is 191 Å². The van der Waals surface area contributed by atoms with E-state index in [9.17, 15) is 9.59 Å². The quantitative estimate of drug-likeness (QED) is 0.529. The summed E-state index contributed by atoms with van der Waals surface area (Å²) in [6, 6.07) is 9.24. The van der Waals surface area contributed by atoms with Crippen LogP contribution in [0.25, 0.3) is 11.4 Å². The molecule has 1 saturated heterocycles. The lowest BCUT2D eigenvalue weighted by Crippen LogP contribution is -2.36. The molecule has 3 aromatic rings. The molecule has 1 atom stereocenters. The van der Waals surface area contributed by atoms with Gasteiger partial charge in [0.05, 0.1) is 6.20 Å². The molecule has 4 rings (SSSR count). The molecule has 0 bridgehead atoms. The van der Waals surface area contributed by atoms with Crippen LogP contribution in [0.1, 0.15) is 16.9 Å². The first kappa shape index (κ1) is 21.9. The summed E-state index contributed by atoms with van der Waals surface area (Å²) in [6.45, 7) is 4.76. The summed E-state index contributed by atoms with van der Waals surface area (Å²) >= 11 is 0. The molecular formula is C23H24N8O2. The number of hydrogen-bond donors (Lipinski definition) is 2. The molecule has 0 radical (unpaired) electrons. The van der Waals surface area contributed by atoms with Crippen LogP contribution in [0.5, 0.6) is 0 Å². The van der Waals surface area contributed by atoms with Crippen LogP contribution in [0.15, 0.2) is 61.6 Å². The molecule has 10 nitrogen and oxygen atoms in total. The third kappa shape index (κ3) is 4.79. The Morgan fingerprint density at radius 3 is 2.61 bits per heavy atom.